The number of benzene rings is 1. The molecule has 0 aliphatic heterocycles. The first kappa shape index (κ1) is 10.1. The number of nitrogens with two attached hydrogens (primary N) is 1. The summed E-state index contributed by atoms with van der Waals surface area (Å²) in [6, 6.07) is 6.39. The van der Waals surface area contributed by atoms with Crippen molar-refractivity contribution >= 4 is 0 Å². The number of alkyl halides is 2. The molecule has 0 heterocycles. The maximum absolute atomic E-state index is 12.1. The number of rotatable bonds is 3. The standard InChI is InChI=1S/C10H13F2N/c1-7-4-2-3-5-8(7)6-9(13)10(11)12/h2-5,9-10H,6,13H2,1H3. The summed E-state index contributed by atoms with van der Waals surface area (Å²) in [7, 11) is 0. The second kappa shape index (κ2) is 4.33. The van der Waals surface area contributed by atoms with E-state index in [4.69, 9.17) is 5.73 Å². The monoisotopic (exact) mass is 185 g/mol. The molecule has 0 aromatic heterocycles. The number of hydrogen-bond donors (Lipinski definition) is 1. The lowest BCUT2D eigenvalue weighted by atomic mass is 10.0. The van der Waals surface area contributed by atoms with Crippen LogP contribution in [-0.4, -0.2) is 12.5 Å². The average Bonchev–Trinajstić information content (AvgIpc) is 2.08. The molecular formula is C10H13F2N. The summed E-state index contributed by atoms with van der Waals surface area (Å²) in [5.41, 5.74) is 7.18. The second-order valence-electron chi connectivity index (χ2n) is 3.13. The van der Waals surface area contributed by atoms with Crippen LogP contribution in [-0.2, 0) is 6.42 Å². The minimum Gasteiger partial charge on any atom is -0.323 e. The Kier molecular flexibility index (Phi) is 3.37. The third-order valence-corrected chi connectivity index (χ3v) is 2.04. The number of hydrogen-bond acceptors (Lipinski definition) is 1. The molecule has 3 heteroatoms. The van der Waals surface area contributed by atoms with E-state index in [1.807, 2.05) is 31.2 Å². The molecule has 0 amide bonds. The van der Waals surface area contributed by atoms with Crippen LogP contribution in [0.3, 0.4) is 0 Å². The maximum atomic E-state index is 12.1. The van der Waals surface area contributed by atoms with Crippen molar-refractivity contribution < 1.29 is 8.78 Å². The van der Waals surface area contributed by atoms with E-state index < -0.39 is 12.5 Å². The Bertz CT molecular complexity index is 273. The van der Waals surface area contributed by atoms with E-state index in [1.54, 1.807) is 0 Å². The van der Waals surface area contributed by atoms with Gasteiger partial charge in [-0.05, 0) is 24.5 Å². The lowest BCUT2D eigenvalue weighted by Crippen LogP contribution is -2.31. The Hall–Kier alpha value is -0.960. The van der Waals surface area contributed by atoms with Gasteiger partial charge in [0, 0.05) is 0 Å². The highest BCUT2D eigenvalue weighted by Gasteiger charge is 2.15. The van der Waals surface area contributed by atoms with Crippen molar-refractivity contribution in [2.75, 3.05) is 0 Å². The summed E-state index contributed by atoms with van der Waals surface area (Å²) in [5.74, 6) is 0. The van der Waals surface area contributed by atoms with Gasteiger partial charge in [0.05, 0.1) is 6.04 Å². The van der Waals surface area contributed by atoms with Gasteiger partial charge in [0.15, 0.2) is 0 Å². The van der Waals surface area contributed by atoms with Gasteiger partial charge in [-0.1, -0.05) is 24.3 Å². The van der Waals surface area contributed by atoms with Gasteiger partial charge in [-0.25, -0.2) is 8.78 Å². The molecule has 2 N–H and O–H groups in total. The highest BCUT2D eigenvalue weighted by atomic mass is 19.3. The molecule has 0 bridgehead atoms. The van der Waals surface area contributed by atoms with Crippen LogP contribution in [0.5, 0.6) is 0 Å². The summed E-state index contributed by atoms with van der Waals surface area (Å²) in [6.45, 7) is 1.90. The third-order valence-electron chi connectivity index (χ3n) is 2.04. The van der Waals surface area contributed by atoms with Crippen LogP contribution in [0, 0.1) is 6.92 Å². The minimum absolute atomic E-state index is 0.240. The van der Waals surface area contributed by atoms with E-state index in [9.17, 15) is 8.78 Å². The van der Waals surface area contributed by atoms with E-state index in [-0.39, 0.29) is 6.42 Å². The van der Waals surface area contributed by atoms with Crippen LogP contribution in [0.1, 0.15) is 11.1 Å². The molecule has 0 saturated carbocycles. The van der Waals surface area contributed by atoms with Crippen LogP contribution >= 0.6 is 0 Å². The van der Waals surface area contributed by atoms with Crippen LogP contribution in [0.2, 0.25) is 0 Å². The zero-order valence-electron chi connectivity index (χ0n) is 7.50. The summed E-state index contributed by atoms with van der Waals surface area (Å²) in [5, 5.41) is 0. The van der Waals surface area contributed by atoms with Crippen molar-refractivity contribution in [3.63, 3.8) is 0 Å². The first-order valence-electron chi connectivity index (χ1n) is 4.19. The van der Waals surface area contributed by atoms with E-state index >= 15 is 0 Å². The fourth-order valence-electron chi connectivity index (χ4n) is 1.18. The Labute approximate surface area is 76.6 Å². The van der Waals surface area contributed by atoms with Gasteiger partial charge >= 0.3 is 0 Å². The average molecular weight is 185 g/mol. The molecule has 72 valence electrons. The van der Waals surface area contributed by atoms with Crippen LogP contribution in [0.25, 0.3) is 0 Å². The van der Waals surface area contributed by atoms with Gasteiger partial charge < -0.3 is 5.73 Å². The predicted molar refractivity (Wildman–Crippen MR) is 48.9 cm³/mol. The van der Waals surface area contributed by atoms with Gasteiger partial charge in [-0.3, -0.25) is 0 Å². The predicted octanol–water partition coefficient (Wildman–Crippen LogP) is 2.13. The van der Waals surface area contributed by atoms with E-state index in [2.05, 4.69) is 0 Å². The highest BCUT2D eigenvalue weighted by molar-refractivity contribution is 5.26. The highest BCUT2D eigenvalue weighted by Crippen LogP contribution is 2.11. The third kappa shape index (κ3) is 2.77. The molecule has 0 aliphatic carbocycles. The number of halogens is 2. The molecule has 0 fully saturated rings. The molecular weight excluding hydrogens is 172 g/mol. The summed E-state index contributed by atoms with van der Waals surface area (Å²) in [4.78, 5) is 0. The van der Waals surface area contributed by atoms with Gasteiger partial charge in [0.1, 0.15) is 0 Å². The smallest absolute Gasteiger partial charge is 0.253 e. The quantitative estimate of drug-likeness (QED) is 0.767. The van der Waals surface area contributed by atoms with Crippen molar-refractivity contribution in [1.82, 2.24) is 0 Å². The van der Waals surface area contributed by atoms with E-state index in [1.165, 1.54) is 0 Å². The number of aryl methyl sites for hydroxylation is 1. The van der Waals surface area contributed by atoms with E-state index in [0.29, 0.717) is 0 Å². The van der Waals surface area contributed by atoms with Crippen LogP contribution in [0.4, 0.5) is 8.78 Å². The SMILES string of the molecule is Cc1ccccc1CC(N)C(F)F. The van der Waals surface area contributed by atoms with Gasteiger partial charge in [0.25, 0.3) is 6.43 Å². The lowest BCUT2D eigenvalue weighted by molar-refractivity contribution is 0.116. The zero-order chi connectivity index (χ0) is 9.84. The first-order chi connectivity index (χ1) is 6.11. The Morgan fingerprint density at radius 1 is 1.31 bits per heavy atom. The topological polar surface area (TPSA) is 26.0 Å². The fraction of sp³-hybridized carbons (Fsp3) is 0.400. The molecule has 1 nitrogen and oxygen atoms in total. The van der Waals surface area contributed by atoms with Crippen molar-refractivity contribution in [3.05, 3.63) is 35.4 Å². The summed E-state index contributed by atoms with van der Waals surface area (Å²) >= 11 is 0. The van der Waals surface area contributed by atoms with Crippen molar-refractivity contribution in [2.24, 2.45) is 5.73 Å². The molecule has 0 saturated heterocycles. The first-order valence-corrected chi connectivity index (χ1v) is 4.19. The second-order valence-corrected chi connectivity index (χ2v) is 3.13. The Morgan fingerprint density at radius 2 is 1.92 bits per heavy atom. The molecule has 1 aromatic carbocycles. The van der Waals surface area contributed by atoms with E-state index in [0.717, 1.165) is 11.1 Å². The fourth-order valence-corrected chi connectivity index (χ4v) is 1.18. The zero-order valence-corrected chi connectivity index (χ0v) is 7.50. The molecule has 1 unspecified atom stereocenters. The van der Waals surface area contributed by atoms with Crippen molar-refractivity contribution in [3.8, 4) is 0 Å². The molecule has 1 aromatic rings. The maximum Gasteiger partial charge on any atom is 0.253 e. The van der Waals surface area contributed by atoms with Gasteiger partial charge in [0.2, 0.25) is 0 Å². The Balaban J connectivity index is 2.69. The van der Waals surface area contributed by atoms with Crippen LogP contribution < -0.4 is 5.73 Å². The minimum atomic E-state index is -2.44. The van der Waals surface area contributed by atoms with Crippen molar-refractivity contribution in [2.45, 2.75) is 25.8 Å². The van der Waals surface area contributed by atoms with Crippen molar-refractivity contribution in [1.29, 1.82) is 0 Å². The molecule has 13 heavy (non-hydrogen) atoms. The molecule has 1 rings (SSSR count). The molecule has 1 atom stereocenters. The summed E-state index contributed by atoms with van der Waals surface area (Å²) < 4.78 is 24.2. The van der Waals surface area contributed by atoms with Gasteiger partial charge in [-0.2, -0.15) is 0 Å². The lowest BCUT2D eigenvalue weighted by Gasteiger charge is -2.11. The largest absolute Gasteiger partial charge is 0.323 e. The normalized spacial score (nSPS) is 13.3. The summed E-state index contributed by atoms with van der Waals surface area (Å²) in [6.07, 6.45) is -2.20. The van der Waals surface area contributed by atoms with Gasteiger partial charge in [-0.15, -0.1) is 0 Å². The van der Waals surface area contributed by atoms with Crippen LogP contribution in [0.15, 0.2) is 24.3 Å². The Morgan fingerprint density at radius 3 is 2.46 bits per heavy atom. The molecule has 0 radical (unpaired) electrons. The molecule has 0 spiro atoms. The molecule has 0 aliphatic rings.